The van der Waals surface area contributed by atoms with E-state index >= 15 is 0 Å². The van der Waals surface area contributed by atoms with Gasteiger partial charge >= 0.3 is 15.1 Å². The van der Waals surface area contributed by atoms with Crippen LogP contribution >= 0.6 is 0 Å². The maximum Gasteiger partial charge on any atom is 0.679 e. The van der Waals surface area contributed by atoms with Crippen LogP contribution in [0.3, 0.4) is 0 Å². The minimum atomic E-state index is -3.12. The molecule has 0 unspecified atom stereocenters. The van der Waals surface area contributed by atoms with Gasteiger partial charge in [-0.15, -0.1) is 0 Å². The van der Waals surface area contributed by atoms with Crippen molar-refractivity contribution in [3.63, 3.8) is 0 Å². The number of rotatable bonds is 14. The Morgan fingerprint density at radius 3 is 1.91 bits per heavy atom. The Balaban J connectivity index is 1.43. The predicted octanol–water partition coefficient (Wildman–Crippen LogP) is 4.47. The Morgan fingerprint density at radius 2 is 1.36 bits per heavy atom. The van der Waals surface area contributed by atoms with Crippen LogP contribution in [-0.4, -0.2) is 59.3 Å². The molecule has 180 valence electrons. The van der Waals surface area contributed by atoms with Gasteiger partial charge in [0.2, 0.25) is 0 Å². The molecule has 0 radical (unpaired) electrons. The molecule has 33 heavy (non-hydrogen) atoms. The van der Waals surface area contributed by atoms with Crippen molar-refractivity contribution in [1.29, 1.82) is 0 Å². The summed E-state index contributed by atoms with van der Waals surface area (Å²) in [4.78, 5) is 12.1. The second-order valence-corrected chi connectivity index (χ2v) is 9.40. The van der Waals surface area contributed by atoms with Gasteiger partial charge in [0.1, 0.15) is 6.61 Å². The van der Waals surface area contributed by atoms with Crippen LogP contribution in [0.2, 0.25) is 0 Å². The summed E-state index contributed by atoms with van der Waals surface area (Å²) < 4.78 is 30.3. The Bertz CT molecular complexity index is 954. The average molecular weight is 475 g/mol. The lowest BCUT2D eigenvalue weighted by Gasteiger charge is -2.26. The largest absolute Gasteiger partial charge is 0.679 e. The van der Waals surface area contributed by atoms with Crippen molar-refractivity contribution < 1.29 is 27.2 Å². The van der Waals surface area contributed by atoms with E-state index in [4.69, 9.17) is 22.4 Å². The minimum Gasteiger partial charge on any atom is -0.448 e. The molecule has 0 saturated heterocycles. The van der Waals surface area contributed by atoms with E-state index in [1.165, 1.54) is 10.8 Å². The first-order valence-corrected chi connectivity index (χ1v) is 13.2. The molecular formula is C24H34N2O6Si. The van der Waals surface area contributed by atoms with Gasteiger partial charge < -0.3 is 32.3 Å². The number of benzene rings is 2. The van der Waals surface area contributed by atoms with Crippen LogP contribution in [0, 0.1) is 0 Å². The molecule has 3 rings (SSSR count). The number of hydrogen-bond donors (Lipinski definition) is 1. The summed E-state index contributed by atoms with van der Waals surface area (Å²) in [6.45, 7) is 8.60. The molecule has 0 fully saturated rings. The highest BCUT2D eigenvalue weighted by Gasteiger charge is 2.44. The van der Waals surface area contributed by atoms with Crippen molar-refractivity contribution in [2.75, 3.05) is 39.6 Å². The fourth-order valence-electron chi connectivity index (χ4n) is 3.76. The van der Waals surface area contributed by atoms with Crippen LogP contribution in [0.5, 0.6) is 0 Å². The van der Waals surface area contributed by atoms with Gasteiger partial charge in [0.15, 0.2) is 0 Å². The first-order chi connectivity index (χ1) is 16.1. The first-order valence-electron chi connectivity index (χ1n) is 11.6. The lowest BCUT2D eigenvalue weighted by atomic mass is 10.2. The summed E-state index contributed by atoms with van der Waals surface area (Å²) in [5, 5.41) is 5.16. The molecule has 0 aliphatic carbocycles. The molecule has 0 spiro atoms. The van der Waals surface area contributed by atoms with Gasteiger partial charge in [0.25, 0.3) is 0 Å². The zero-order valence-corrected chi connectivity index (χ0v) is 20.7. The Hall–Kier alpha value is -2.43. The molecule has 0 aliphatic rings. The fourth-order valence-corrected chi connectivity index (χ4v) is 5.72. The molecule has 0 bridgehead atoms. The van der Waals surface area contributed by atoms with Gasteiger partial charge in [-0.1, -0.05) is 36.4 Å². The third kappa shape index (κ3) is 6.55. The van der Waals surface area contributed by atoms with Crippen molar-refractivity contribution >= 4 is 36.9 Å². The van der Waals surface area contributed by atoms with Crippen LogP contribution < -0.4 is 5.32 Å². The van der Waals surface area contributed by atoms with Crippen LogP contribution in [0.25, 0.3) is 21.8 Å². The van der Waals surface area contributed by atoms with E-state index in [0.29, 0.717) is 45.9 Å². The summed E-state index contributed by atoms with van der Waals surface area (Å²) >= 11 is 0. The van der Waals surface area contributed by atoms with E-state index in [1.54, 1.807) is 0 Å². The number of nitrogens with zero attached hydrogens (tertiary/aromatic N) is 1. The quantitative estimate of drug-likeness (QED) is 0.274. The Kier molecular flexibility index (Phi) is 9.71. The van der Waals surface area contributed by atoms with Crippen molar-refractivity contribution in [2.45, 2.75) is 33.7 Å². The molecule has 0 atom stereocenters. The monoisotopic (exact) mass is 474 g/mol. The minimum absolute atomic E-state index is 0.278. The number of amides is 1. The standard InChI is InChI=1S/C24H34N2O6Si/c1-4-29-33(30-5-2,31-6-3)32-18-11-16-25-24(27)28-19-17-26-22-14-9-7-12-20(22)21-13-8-10-15-23(21)26/h7-10,12-15H,4-6,11,16-19H2,1-3H3,(H,25,27). The highest BCUT2D eigenvalue weighted by Crippen LogP contribution is 2.28. The SMILES string of the molecule is CCO[Si](OCC)(OCC)OCCCNC(=O)OCCn1c2ccccc2c2ccccc21. The van der Waals surface area contributed by atoms with Gasteiger partial charge in [-0.2, -0.15) is 0 Å². The number of para-hydroxylation sites is 2. The van der Waals surface area contributed by atoms with E-state index in [-0.39, 0.29) is 6.61 Å². The normalized spacial score (nSPS) is 11.8. The number of nitrogens with one attached hydrogen (secondary N) is 1. The lowest BCUT2D eigenvalue weighted by Crippen LogP contribution is -2.49. The number of carbonyl (C=O) groups excluding carboxylic acids is 1. The maximum atomic E-state index is 12.1. The second-order valence-electron chi connectivity index (χ2n) is 7.25. The van der Waals surface area contributed by atoms with Gasteiger partial charge in [0, 0.05) is 54.8 Å². The molecule has 1 heterocycles. The number of alkyl carbamates (subject to hydrolysis) is 1. The van der Waals surface area contributed by atoms with Gasteiger partial charge in [-0.25, -0.2) is 4.79 Å². The predicted molar refractivity (Wildman–Crippen MR) is 130 cm³/mol. The van der Waals surface area contributed by atoms with Crippen molar-refractivity contribution in [3.05, 3.63) is 48.5 Å². The molecule has 3 aromatic rings. The molecule has 0 saturated carbocycles. The molecule has 0 aliphatic heterocycles. The van der Waals surface area contributed by atoms with E-state index < -0.39 is 15.1 Å². The maximum absolute atomic E-state index is 12.1. The topological polar surface area (TPSA) is 80.2 Å². The van der Waals surface area contributed by atoms with E-state index in [1.807, 2.05) is 45.0 Å². The number of carbonyl (C=O) groups is 1. The van der Waals surface area contributed by atoms with Gasteiger partial charge in [0.05, 0.1) is 6.54 Å². The van der Waals surface area contributed by atoms with Crippen LogP contribution in [0.1, 0.15) is 27.2 Å². The zero-order chi connectivity index (χ0) is 23.5. The number of aromatic nitrogens is 1. The van der Waals surface area contributed by atoms with Crippen molar-refractivity contribution in [2.24, 2.45) is 0 Å². The van der Waals surface area contributed by atoms with Crippen LogP contribution in [-0.2, 0) is 29.0 Å². The lowest BCUT2D eigenvalue weighted by molar-refractivity contribution is -0.0276. The van der Waals surface area contributed by atoms with E-state index in [9.17, 15) is 4.79 Å². The molecule has 1 amide bonds. The van der Waals surface area contributed by atoms with Crippen LogP contribution in [0.15, 0.2) is 48.5 Å². The number of hydrogen-bond acceptors (Lipinski definition) is 6. The zero-order valence-electron chi connectivity index (χ0n) is 19.7. The van der Waals surface area contributed by atoms with E-state index in [2.05, 4.69) is 34.1 Å². The third-order valence-corrected chi connectivity index (χ3v) is 7.54. The highest BCUT2D eigenvalue weighted by molar-refractivity contribution is 6.53. The van der Waals surface area contributed by atoms with Gasteiger partial charge in [-0.3, -0.25) is 0 Å². The fraction of sp³-hybridized carbons (Fsp3) is 0.458. The summed E-state index contributed by atoms with van der Waals surface area (Å²) in [5.74, 6) is 0. The molecule has 2 aromatic carbocycles. The second kappa shape index (κ2) is 12.7. The van der Waals surface area contributed by atoms with Gasteiger partial charge in [-0.05, 0) is 39.3 Å². The van der Waals surface area contributed by atoms with E-state index in [0.717, 1.165) is 11.0 Å². The average Bonchev–Trinajstić information content (AvgIpc) is 3.13. The molecule has 9 heteroatoms. The summed E-state index contributed by atoms with van der Waals surface area (Å²) in [6, 6.07) is 16.5. The first kappa shape index (κ1) is 25.2. The highest BCUT2D eigenvalue weighted by atomic mass is 28.4. The Morgan fingerprint density at radius 1 is 0.818 bits per heavy atom. The summed E-state index contributed by atoms with van der Waals surface area (Å²) in [5.41, 5.74) is 2.26. The Labute approximate surface area is 196 Å². The number of fused-ring (bicyclic) bond motifs is 3. The number of ether oxygens (including phenoxy) is 1. The molecule has 1 N–H and O–H groups in total. The third-order valence-electron chi connectivity index (χ3n) is 5.06. The summed E-state index contributed by atoms with van der Waals surface area (Å²) in [6.07, 6.45) is 0.142. The van der Waals surface area contributed by atoms with Crippen molar-refractivity contribution in [3.8, 4) is 0 Å². The van der Waals surface area contributed by atoms with Crippen LogP contribution in [0.4, 0.5) is 4.79 Å². The smallest absolute Gasteiger partial charge is 0.448 e. The summed E-state index contributed by atoms with van der Waals surface area (Å²) in [7, 11) is -3.12. The molecule has 8 nitrogen and oxygen atoms in total. The van der Waals surface area contributed by atoms with Crippen molar-refractivity contribution in [1.82, 2.24) is 9.88 Å². The molecule has 1 aromatic heterocycles. The molecular weight excluding hydrogens is 440 g/mol.